The topological polar surface area (TPSA) is 30.7 Å². The Morgan fingerprint density at radius 2 is 1.83 bits per heavy atom. The summed E-state index contributed by atoms with van der Waals surface area (Å²) in [5, 5.41) is 1.42. The van der Waals surface area contributed by atoms with Crippen LogP contribution >= 0.6 is 34.8 Å². The van der Waals surface area contributed by atoms with Crippen LogP contribution in [-0.4, -0.2) is 14.5 Å². The van der Waals surface area contributed by atoms with Gasteiger partial charge in [0.25, 0.3) is 0 Å². The Hall–Kier alpha value is -1.99. The number of pyridine rings is 1. The van der Waals surface area contributed by atoms with Gasteiger partial charge in [-0.1, -0.05) is 40.7 Å². The first-order valence-corrected chi connectivity index (χ1v) is 7.81. The molecule has 0 atom stereocenters. The predicted molar refractivity (Wildman–Crippen MR) is 93.5 cm³/mol. The lowest BCUT2D eigenvalue weighted by molar-refractivity contribution is 0.975. The predicted octanol–water partition coefficient (Wildman–Crippen LogP) is 4.94. The van der Waals surface area contributed by atoms with Crippen molar-refractivity contribution in [2.45, 2.75) is 6.92 Å². The Balaban J connectivity index is 1.94. The molecule has 0 unspecified atom stereocenters. The van der Waals surface area contributed by atoms with Gasteiger partial charge in [0.1, 0.15) is 16.7 Å². The molecule has 0 aliphatic heterocycles. The Labute approximate surface area is 148 Å². The zero-order chi connectivity index (χ0) is 16.4. The summed E-state index contributed by atoms with van der Waals surface area (Å²) in [6.45, 7) is 1.90. The van der Waals surface area contributed by atoms with Gasteiger partial charge < -0.3 is 4.57 Å². The summed E-state index contributed by atoms with van der Waals surface area (Å²) in [4.78, 5) is 8.36. The van der Waals surface area contributed by atoms with E-state index < -0.39 is 0 Å². The molecule has 23 heavy (non-hydrogen) atoms. The van der Waals surface area contributed by atoms with Gasteiger partial charge >= 0.3 is 0 Å². The maximum Gasteiger partial charge on any atom is 0.132 e. The molecular formula is C17H10Cl3N3. The van der Waals surface area contributed by atoms with E-state index in [0.717, 1.165) is 17.1 Å². The second-order valence-corrected chi connectivity index (χ2v) is 5.96. The lowest BCUT2D eigenvalue weighted by atomic mass is 10.2. The summed E-state index contributed by atoms with van der Waals surface area (Å²) >= 11 is 17.9. The monoisotopic (exact) mass is 361 g/mol. The SMILES string of the molecule is Cc1nc(C#Cc2ccnc(Cl)c2)cn1-c1ccc(Cl)c(Cl)c1. The van der Waals surface area contributed by atoms with E-state index in [1.807, 2.05) is 23.8 Å². The van der Waals surface area contributed by atoms with Crippen LogP contribution in [0.25, 0.3) is 5.69 Å². The minimum atomic E-state index is 0.411. The lowest BCUT2D eigenvalue weighted by Gasteiger charge is -2.05. The number of aromatic nitrogens is 3. The summed E-state index contributed by atoms with van der Waals surface area (Å²) in [7, 11) is 0. The molecule has 3 rings (SSSR count). The number of aryl methyl sites for hydroxylation is 1. The van der Waals surface area contributed by atoms with Crippen molar-refractivity contribution in [1.29, 1.82) is 0 Å². The number of rotatable bonds is 1. The lowest BCUT2D eigenvalue weighted by Crippen LogP contribution is -1.94. The van der Waals surface area contributed by atoms with Crippen LogP contribution in [-0.2, 0) is 0 Å². The third-order valence-electron chi connectivity index (χ3n) is 3.13. The van der Waals surface area contributed by atoms with E-state index in [1.54, 1.807) is 30.5 Å². The summed E-state index contributed by atoms with van der Waals surface area (Å²) < 4.78 is 1.91. The third kappa shape index (κ3) is 3.68. The largest absolute Gasteiger partial charge is 0.303 e. The van der Waals surface area contributed by atoms with Gasteiger partial charge in [0.15, 0.2) is 0 Å². The van der Waals surface area contributed by atoms with Crippen LogP contribution in [0, 0.1) is 18.8 Å². The van der Waals surface area contributed by atoms with Crippen LogP contribution in [0.4, 0.5) is 0 Å². The van der Waals surface area contributed by atoms with Gasteiger partial charge in [-0.05, 0) is 43.2 Å². The summed E-state index contributed by atoms with van der Waals surface area (Å²) in [6.07, 6.45) is 3.47. The molecule has 0 N–H and O–H groups in total. The molecule has 0 fully saturated rings. The second kappa shape index (κ2) is 6.64. The fraction of sp³-hybridized carbons (Fsp3) is 0.0588. The Bertz CT molecular complexity index is 936. The summed E-state index contributed by atoms with van der Waals surface area (Å²) in [5.41, 5.74) is 2.32. The van der Waals surface area contributed by atoms with Crippen LogP contribution in [0.3, 0.4) is 0 Å². The van der Waals surface area contributed by atoms with E-state index in [4.69, 9.17) is 34.8 Å². The molecule has 114 valence electrons. The Kier molecular flexibility index (Phi) is 4.58. The highest BCUT2D eigenvalue weighted by Gasteiger charge is 2.06. The Morgan fingerprint density at radius 1 is 1.00 bits per heavy atom. The van der Waals surface area contributed by atoms with E-state index >= 15 is 0 Å². The van der Waals surface area contributed by atoms with Crippen molar-refractivity contribution in [3.8, 4) is 17.5 Å². The molecule has 0 radical (unpaired) electrons. The zero-order valence-corrected chi connectivity index (χ0v) is 14.3. The van der Waals surface area contributed by atoms with Crippen molar-refractivity contribution in [3.63, 3.8) is 0 Å². The maximum absolute atomic E-state index is 6.07. The minimum absolute atomic E-state index is 0.411. The molecule has 2 aromatic heterocycles. The van der Waals surface area contributed by atoms with Crippen LogP contribution in [0.2, 0.25) is 15.2 Å². The van der Waals surface area contributed by atoms with Crippen molar-refractivity contribution in [2.75, 3.05) is 0 Å². The second-order valence-electron chi connectivity index (χ2n) is 4.76. The number of imidazole rings is 1. The van der Waals surface area contributed by atoms with E-state index in [0.29, 0.717) is 20.9 Å². The van der Waals surface area contributed by atoms with Crippen molar-refractivity contribution in [3.05, 3.63) is 75.0 Å². The number of halogens is 3. The van der Waals surface area contributed by atoms with Crippen molar-refractivity contribution in [1.82, 2.24) is 14.5 Å². The quantitative estimate of drug-likeness (QED) is 0.453. The molecule has 6 heteroatoms. The van der Waals surface area contributed by atoms with Gasteiger partial charge in [-0.2, -0.15) is 0 Å². The smallest absolute Gasteiger partial charge is 0.132 e. The summed E-state index contributed by atoms with van der Waals surface area (Å²) in [6, 6.07) is 8.92. The van der Waals surface area contributed by atoms with E-state index in [1.165, 1.54) is 0 Å². The van der Waals surface area contributed by atoms with Crippen molar-refractivity contribution < 1.29 is 0 Å². The Morgan fingerprint density at radius 3 is 2.57 bits per heavy atom. The molecular weight excluding hydrogens is 353 g/mol. The van der Waals surface area contributed by atoms with Crippen LogP contribution in [0.15, 0.2) is 42.7 Å². The molecule has 0 aliphatic carbocycles. The molecule has 0 aliphatic rings. The van der Waals surface area contributed by atoms with Gasteiger partial charge in [-0.25, -0.2) is 9.97 Å². The zero-order valence-electron chi connectivity index (χ0n) is 12.0. The highest BCUT2D eigenvalue weighted by molar-refractivity contribution is 6.42. The van der Waals surface area contributed by atoms with Gasteiger partial charge in [0.05, 0.1) is 10.0 Å². The average molecular weight is 363 g/mol. The highest BCUT2D eigenvalue weighted by atomic mass is 35.5. The molecule has 2 heterocycles. The highest BCUT2D eigenvalue weighted by Crippen LogP contribution is 2.25. The van der Waals surface area contributed by atoms with E-state index in [2.05, 4.69) is 21.8 Å². The van der Waals surface area contributed by atoms with Gasteiger partial charge in [0.2, 0.25) is 0 Å². The molecule has 0 amide bonds. The van der Waals surface area contributed by atoms with Crippen molar-refractivity contribution >= 4 is 34.8 Å². The first-order chi connectivity index (χ1) is 11.0. The average Bonchev–Trinajstić information content (AvgIpc) is 2.89. The standard InChI is InChI=1S/C17H10Cl3N3/c1-11-22-13(3-2-12-6-7-21-17(20)8-12)10-23(11)14-4-5-15(18)16(19)9-14/h4-10H,1H3. The number of hydrogen-bond donors (Lipinski definition) is 0. The fourth-order valence-electron chi connectivity index (χ4n) is 2.05. The fourth-order valence-corrected chi connectivity index (χ4v) is 2.51. The first-order valence-electron chi connectivity index (χ1n) is 6.68. The molecule has 0 spiro atoms. The number of hydrogen-bond acceptors (Lipinski definition) is 2. The molecule has 0 bridgehead atoms. The molecule has 3 aromatic rings. The number of nitrogens with zero attached hydrogens (tertiary/aromatic N) is 3. The first kappa shape index (κ1) is 15.9. The molecule has 0 saturated carbocycles. The van der Waals surface area contributed by atoms with Crippen molar-refractivity contribution in [2.24, 2.45) is 0 Å². The molecule has 1 aromatic carbocycles. The number of benzene rings is 1. The van der Waals surface area contributed by atoms with Crippen LogP contribution < -0.4 is 0 Å². The normalized spacial score (nSPS) is 10.3. The van der Waals surface area contributed by atoms with Crippen LogP contribution in [0.5, 0.6) is 0 Å². The maximum atomic E-state index is 6.07. The van der Waals surface area contributed by atoms with Gasteiger partial charge in [-0.3, -0.25) is 0 Å². The van der Waals surface area contributed by atoms with Crippen LogP contribution in [0.1, 0.15) is 17.1 Å². The minimum Gasteiger partial charge on any atom is -0.303 e. The van der Waals surface area contributed by atoms with E-state index in [-0.39, 0.29) is 0 Å². The third-order valence-corrected chi connectivity index (χ3v) is 4.07. The van der Waals surface area contributed by atoms with Gasteiger partial charge in [0, 0.05) is 23.6 Å². The molecule has 0 saturated heterocycles. The molecule has 3 nitrogen and oxygen atoms in total. The summed E-state index contributed by atoms with van der Waals surface area (Å²) in [5.74, 6) is 6.84. The van der Waals surface area contributed by atoms with E-state index in [9.17, 15) is 0 Å². The van der Waals surface area contributed by atoms with Gasteiger partial charge in [-0.15, -0.1) is 0 Å².